The summed E-state index contributed by atoms with van der Waals surface area (Å²) in [4.78, 5) is 4.28. The van der Waals surface area contributed by atoms with Crippen molar-refractivity contribution in [3.8, 4) is 0 Å². The standard InChI is InChI=1S/C17H19N2.C5H5.C3H6.2ClH.Zr/c1-18(2)14-5-7-16-12(10-14)9-13-11-15(19(3)4)6-8-17(13)16;1-2-4-5-3-1;1-3-2;;;/h5-11H,1-4H3;1-3H,4H2;1-2H3;2*1H;/q2*-1;;;;+2/p-2. The molecule has 3 aromatic carbocycles. The molecule has 0 fully saturated rings. The predicted molar refractivity (Wildman–Crippen MR) is 124 cm³/mol. The van der Waals surface area contributed by atoms with Crippen molar-refractivity contribution in [2.75, 3.05) is 38.0 Å². The molecule has 1 aliphatic carbocycles. The van der Waals surface area contributed by atoms with Gasteiger partial charge in [-0.2, -0.15) is 6.08 Å². The van der Waals surface area contributed by atoms with Crippen molar-refractivity contribution in [3.63, 3.8) is 0 Å². The molecule has 1 aliphatic rings. The fourth-order valence-corrected chi connectivity index (χ4v) is 2.89. The zero-order valence-electron chi connectivity index (χ0n) is 18.6. The van der Waals surface area contributed by atoms with Crippen LogP contribution in [0, 0.1) is 6.08 Å². The molecule has 3 aromatic rings. The van der Waals surface area contributed by atoms with Crippen LogP contribution in [-0.2, 0) is 24.2 Å². The van der Waals surface area contributed by atoms with Gasteiger partial charge < -0.3 is 34.6 Å². The van der Waals surface area contributed by atoms with Gasteiger partial charge in [-0.1, -0.05) is 36.4 Å². The molecular formula is C25H30Cl2N2Zr-2. The van der Waals surface area contributed by atoms with Gasteiger partial charge in [-0.15, -0.1) is 34.0 Å². The number of benzene rings is 2. The SMILES string of the molecule is CN(C)c1ccc2c(c1)[cH-]c1cc(N(C)C)ccc12.C[C](C)=[Zr+2].[C-]1=CC=CC1.[Cl-].[Cl-]. The Hall–Kier alpha value is -1.28. The maximum Gasteiger partial charge on any atom is -0.109 e. The van der Waals surface area contributed by atoms with Gasteiger partial charge in [-0.05, 0) is 0 Å². The average molecular weight is 521 g/mol. The molecule has 4 rings (SSSR count). The van der Waals surface area contributed by atoms with Crippen LogP contribution in [0.2, 0.25) is 0 Å². The van der Waals surface area contributed by atoms with Crippen LogP contribution in [0.1, 0.15) is 20.3 Å². The Balaban J connectivity index is 0.000000645. The van der Waals surface area contributed by atoms with Crippen molar-refractivity contribution < 1.29 is 49.0 Å². The summed E-state index contributed by atoms with van der Waals surface area (Å²) >= 11 is 1.55. The molecule has 0 heterocycles. The van der Waals surface area contributed by atoms with Gasteiger partial charge in [-0.3, -0.25) is 6.08 Å². The van der Waals surface area contributed by atoms with Gasteiger partial charge in [0.05, 0.1) is 0 Å². The molecule has 0 amide bonds. The smallest absolute Gasteiger partial charge is 0.109 e. The quantitative estimate of drug-likeness (QED) is 0.436. The zero-order chi connectivity index (χ0) is 20.7. The van der Waals surface area contributed by atoms with Crippen molar-refractivity contribution in [2.24, 2.45) is 0 Å². The molecule has 2 nitrogen and oxygen atoms in total. The Labute approximate surface area is 209 Å². The number of allylic oxidation sites excluding steroid dienone is 4. The first kappa shape index (κ1) is 28.7. The second-order valence-corrected chi connectivity index (χ2v) is 9.94. The van der Waals surface area contributed by atoms with E-state index >= 15 is 0 Å². The minimum atomic E-state index is 0. The summed E-state index contributed by atoms with van der Waals surface area (Å²) in [5.41, 5.74) is 2.49. The maximum atomic E-state index is 2.99. The molecule has 0 N–H and O–H groups in total. The summed E-state index contributed by atoms with van der Waals surface area (Å²) in [7, 11) is 8.31. The van der Waals surface area contributed by atoms with E-state index in [-0.39, 0.29) is 24.8 Å². The first-order chi connectivity index (χ1) is 13.3. The van der Waals surface area contributed by atoms with Crippen molar-refractivity contribution in [3.05, 3.63) is 66.8 Å². The van der Waals surface area contributed by atoms with Crippen molar-refractivity contribution in [2.45, 2.75) is 20.3 Å². The average Bonchev–Trinajstić information content (AvgIpc) is 3.31. The normalized spacial score (nSPS) is 10.9. The second-order valence-electron chi connectivity index (χ2n) is 7.48. The number of rotatable bonds is 2. The first-order valence-corrected chi connectivity index (χ1v) is 10.7. The van der Waals surface area contributed by atoms with Gasteiger partial charge in [0, 0.05) is 39.6 Å². The molecule has 0 aliphatic heterocycles. The number of hydrogen-bond donors (Lipinski definition) is 0. The van der Waals surface area contributed by atoms with E-state index < -0.39 is 0 Å². The van der Waals surface area contributed by atoms with Crippen LogP contribution in [-0.4, -0.2) is 31.4 Å². The number of halogens is 2. The van der Waals surface area contributed by atoms with Gasteiger partial charge in [0.25, 0.3) is 0 Å². The van der Waals surface area contributed by atoms with E-state index in [2.05, 4.69) is 106 Å². The van der Waals surface area contributed by atoms with Crippen LogP contribution >= 0.6 is 0 Å². The van der Waals surface area contributed by atoms with E-state index in [1.165, 1.54) is 36.1 Å². The molecule has 0 saturated carbocycles. The summed E-state index contributed by atoms with van der Waals surface area (Å²) in [6.45, 7) is 4.25. The summed E-state index contributed by atoms with van der Waals surface area (Å²) in [5.74, 6) is 0. The largest absolute Gasteiger partial charge is 1.00 e. The second kappa shape index (κ2) is 13.9. The summed E-state index contributed by atoms with van der Waals surface area (Å²) < 4.78 is 1.51. The van der Waals surface area contributed by atoms with Crippen LogP contribution in [0.5, 0.6) is 0 Å². The van der Waals surface area contributed by atoms with Gasteiger partial charge in [0.1, 0.15) is 0 Å². The Morgan fingerprint density at radius 1 is 0.867 bits per heavy atom. The first-order valence-electron chi connectivity index (χ1n) is 9.51. The monoisotopic (exact) mass is 518 g/mol. The third kappa shape index (κ3) is 8.46. The Bertz CT molecular complexity index is 925. The molecule has 5 heteroatoms. The van der Waals surface area contributed by atoms with Gasteiger partial charge in [0.15, 0.2) is 0 Å². The van der Waals surface area contributed by atoms with Crippen LogP contribution in [0.4, 0.5) is 11.4 Å². The Morgan fingerprint density at radius 3 is 1.57 bits per heavy atom. The van der Waals surface area contributed by atoms with Crippen LogP contribution in [0.15, 0.2) is 60.7 Å². The fourth-order valence-electron chi connectivity index (χ4n) is 2.89. The molecule has 0 saturated heterocycles. The summed E-state index contributed by atoms with van der Waals surface area (Å²) in [6.07, 6.45) is 10.0. The van der Waals surface area contributed by atoms with E-state index in [1.54, 1.807) is 24.2 Å². The molecule has 0 bridgehead atoms. The Kier molecular flexibility index (Phi) is 13.3. The van der Waals surface area contributed by atoms with Crippen molar-refractivity contribution >= 4 is 36.1 Å². The maximum absolute atomic E-state index is 2.99. The number of fused-ring (bicyclic) bond motifs is 3. The zero-order valence-corrected chi connectivity index (χ0v) is 22.6. The third-order valence-electron chi connectivity index (χ3n) is 4.29. The molecule has 0 aromatic heterocycles. The third-order valence-corrected chi connectivity index (χ3v) is 4.29. The van der Waals surface area contributed by atoms with Crippen molar-refractivity contribution in [1.82, 2.24) is 0 Å². The topological polar surface area (TPSA) is 6.48 Å². The van der Waals surface area contributed by atoms with Gasteiger partial charge in [0.2, 0.25) is 0 Å². The molecule has 0 atom stereocenters. The minimum Gasteiger partial charge on any atom is -1.00 e. The van der Waals surface area contributed by atoms with E-state index in [4.69, 9.17) is 0 Å². The molecule has 0 spiro atoms. The summed E-state index contributed by atoms with van der Waals surface area (Å²) in [6, 6.07) is 15.6. The van der Waals surface area contributed by atoms with E-state index in [9.17, 15) is 0 Å². The molecular weight excluding hydrogens is 490 g/mol. The fraction of sp³-hybridized carbons (Fsp3) is 0.280. The predicted octanol–water partition coefficient (Wildman–Crippen LogP) is -0.0970. The number of anilines is 2. The molecule has 30 heavy (non-hydrogen) atoms. The molecule has 0 radical (unpaired) electrons. The van der Waals surface area contributed by atoms with Gasteiger partial charge in [-0.25, -0.2) is 12.2 Å². The van der Waals surface area contributed by atoms with E-state index in [0.29, 0.717) is 0 Å². The molecule has 0 unspecified atom stereocenters. The van der Waals surface area contributed by atoms with Crippen LogP contribution in [0.3, 0.4) is 0 Å². The number of hydrogen-bond acceptors (Lipinski definition) is 2. The van der Waals surface area contributed by atoms with E-state index in [1.807, 2.05) is 12.2 Å². The van der Waals surface area contributed by atoms with Crippen LogP contribution in [0.25, 0.3) is 21.5 Å². The number of nitrogens with zero attached hydrogens (tertiary/aromatic N) is 2. The molecule has 160 valence electrons. The summed E-state index contributed by atoms with van der Waals surface area (Å²) in [5, 5.41) is 5.31. The van der Waals surface area contributed by atoms with Gasteiger partial charge >= 0.3 is 41.3 Å². The van der Waals surface area contributed by atoms with E-state index in [0.717, 1.165) is 6.42 Å². The Morgan fingerprint density at radius 2 is 1.30 bits per heavy atom. The minimum absolute atomic E-state index is 0. The van der Waals surface area contributed by atoms with Crippen molar-refractivity contribution in [1.29, 1.82) is 0 Å². The van der Waals surface area contributed by atoms with Crippen LogP contribution < -0.4 is 34.6 Å².